The molecule has 1 aromatic heterocycles. The van der Waals surface area contributed by atoms with Gasteiger partial charge in [-0.2, -0.15) is 11.8 Å². The molecule has 0 radical (unpaired) electrons. The van der Waals surface area contributed by atoms with Crippen molar-refractivity contribution in [3.63, 3.8) is 0 Å². The fraction of sp³-hybridized carbons (Fsp3) is 0.429. The van der Waals surface area contributed by atoms with Crippen LogP contribution in [0.3, 0.4) is 0 Å². The molecule has 0 saturated heterocycles. The van der Waals surface area contributed by atoms with Crippen LogP contribution in [0.5, 0.6) is 0 Å². The molecule has 0 aliphatic carbocycles. The smallest absolute Gasteiger partial charge is 0.238 e. The van der Waals surface area contributed by atoms with E-state index in [1.54, 1.807) is 6.92 Å². The van der Waals surface area contributed by atoms with E-state index in [9.17, 15) is 0 Å². The summed E-state index contributed by atoms with van der Waals surface area (Å²) in [4.78, 5) is 0. The molecule has 0 aliphatic rings. The van der Waals surface area contributed by atoms with Crippen LogP contribution in [0.1, 0.15) is 37.2 Å². The maximum atomic E-state index is 5.42. The second-order valence-corrected chi connectivity index (χ2v) is 5.64. The predicted octanol–water partition coefficient (Wildman–Crippen LogP) is 3.80. The van der Waals surface area contributed by atoms with Gasteiger partial charge < -0.3 is 9.73 Å². The molecule has 2 aromatic rings. The minimum Gasteiger partial charge on any atom is -0.423 e. The van der Waals surface area contributed by atoms with Gasteiger partial charge in [0.1, 0.15) is 6.04 Å². The first-order valence-corrected chi connectivity index (χ1v) is 7.57. The lowest BCUT2D eigenvalue weighted by Crippen LogP contribution is -2.07. The van der Waals surface area contributed by atoms with Crippen molar-refractivity contribution in [2.24, 2.45) is 0 Å². The summed E-state index contributed by atoms with van der Waals surface area (Å²) in [5, 5.41) is 11.3. The highest BCUT2D eigenvalue weighted by Gasteiger charge is 2.12. The zero-order valence-electron chi connectivity index (χ0n) is 11.5. The van der Waals surface area contributed by atoms with Gasteiger partial charge in [0.15, 0.2) is 0 Å². The van der Waals surface area contributed by atoms with Crippen molar-refractivity contribution in [1.29, 1.82) is 0 Å². The van der Waals surface area contributed by atoms with Gasteiger partial charge in [0.2, 0.25) is 11.8 Å². The molecule has 0 saturated carbocycles. The Bertz CT molecular complexity index is 527. The molecule has 0 amide bonds. The summed E-state index contributed by atoms with van der Waals surface area (Å²) in [6.45, 7) is 5.99. The Hall–Kier alpha value is -1.49. The molecule has 1 atom stereocenters. The topological polar surface area (TPSA) is 51.0 Å². The van der Waals surface area contributed by atoms with Gasteiger partial charge in [-0.05, 0) is 30.4 Å². The molecule has 0 spiro atoms. The molecule has 4 nitrogen and oxygen atoms in total. The number of nitrogens with zero attached hydrogens (tertiary/aromatic N) is 2. The zero-order chi connectivity index (χ0) is 13.7. The summed E-state index contributed by atoms with van der Waals surface area (Å²) >= 11 is 1.92. The van der Waals surface area contributed by atoms with Crippen LogP contribution >= 0.6 is 11.8 Å². The van der Waals surface area contributed by atoms with Crippen molar-refractivity contribution < 1.29 is 4.42 Å². The molecule has 0 unspecified atom stereocenters. The third-order valence-corrected chi connectivity index (χ3v) is 3.64. The molecular weight excluding hydrogens is 258 g/mol. The Labute approximate surface area is 118 Å². The van der Waals surface area contributed by atoms with Crippen LogP contribution in [0.4, 0.5) is 5.69 Å². The zero-order valence-corrected chi connectivity index (χ0v) is 12.3. The summed E-state index contributed by atoms with van der Waals surface area (Å²) in [5.41, 5.74) is 2.41. The summed E-state index contributed by atoms with van der Waals surface area (Å²) < 4.78 is 5.42. The molecule has 102 valence electrons. The van der Waals surface area contributed by atoms with E-state index in [0.29, 0.717) is 11.8 Å². The van der Waals surface area contributed by atoms with Crippen molar-refractivity contribution in [3.8, 4) is 0 Å². The van der Waals surface area contributed by atoms with Crippen molar-refractivity contribution in [2.75, 3.05) is 11.1 Å². The van der Waals surface area contributed by atoms with Crippen molar-refractivity contribution in [2.45, 2.75) is 32.6 Å². The van der Waals surface area contributed by atoms with E-state index in [1.807, 2.05) is 18.7 Å². The average molecular weight is 277 g/mol. The summed E-state index contributed by atoms with van der Waals surface area (Å²) in [6, 6.07) is 8.45. The first-order chi connectivity index (χ1) is 9.19. The van der Waals surface area contributed by atoms with Gasteiger partial charge in [-0.1, -0.05) is 19.1 Å². The minimum absolute atomic E-state index is 0.00952. The van der Waals surface area contributed by atoms with Crippen LogP contribution in [-0.4, -0.2) is 16.0 Å². The number of hydrogen-bond acceptors (Lipinski definition) is 5. The molecule has 1 N–H and O–H groups in total. The maximum Gasteiger partial charge on any atom is 0.238 e. The number of aromatic nitrogens is 2. The van der Waals surface area contributed by atoms with E-state index in [1.165, 1.54) is 5.56 Å². The van der Waals surface area contributed by atoms with Gasteiger partial charge >= 0.3 is 0 Å². The monoisotopic (exact) mass is 277 g/mol. The number of anilines is 1. The van der Waals surface area contributed by atoms with E-state index in [4.69, 9.17) is 4.42 Å². The van der Waals surface area contributed by atoms with Crippen LogP contribution in [-0.2, 0) is 5.75 Å². The Morgan fingerprint density at radius 3 is 2.89 bits per heavy atom. The highest BCUT2D eigenvalue weighted by Crippen LogP contribution is 2.21. The van der Waals surface area contributed by atoms with Crippen LogP contribution in [0.2, 0.25) is 0 Å². The molecule has 0 bridgehead atoms. The minimum atomic E-state index is 0.00952. The van der Waals surface area contributed by atoms with E-state index in [0.717, 1.165) is 17.2 Å². The Morgan fingerprint density at radius 1 is 1.37 bits per heavy atom. The number of aryl methyl sites for hydroxylation is 1. The lowest BCUT2D eigenvalue weighted by Gasteiger charge is -2.12. The van der Waals surface area contributed by atoms with Crippen LogP contribution in [0.25, 0.3) is 0 Å². The third-order valence-electron chi connectivity index (χ3n) is 2.70. The van der Waals surface area contributed by atoms with Crippen molar-refractivity contribution >= 4 is 17.4 Å². The SMILES string of the molecule is CCSCc1cccc(N[C@@H](C)c2nnc(C)o2)c1. The average Bonchev–Trinajstić information content (AvgIpc) is 2.83. The fourth-order valence-corrected chi connectivity index (χ4v) is 2.39. The Balaban J connectivity index is 2.02. The summed E-state index contributed by atoms with van der Waals surface area (Å²) in [6.07, 6.45) is 0. The van der Waals surface area contributed by atoms with Gasteiger partial charge in [-0.15, -0.1) is 10.2 Å². The third kappa shape index (κ3) is 3.99. The van der Waals surface area contributed by atoms with E-state index < -0.39 is 0 Å². The van der Waals surface area contributed by atoms with Gasteiger partial charge in [0.25, 0.3) is 0 Å². The highest BCUT2D eigenvalue weighted by atomic mass is 32.2. The molecular formula is C14H19N3OS. The largest absolute Gasteiger partial charge is 0.423 e. The standard InChI is InChI=1S/C14H19N3OS/c1-4-19-9-12-6-5-7-13(8-12)15-10(2)14-17-16-11(3)18-14/h5-8,10,15H,4,9H2,1-3H3/t10-/m0/s1. The van der Waals surface area contributed by atoms with Crippen molar-refractivity contribution in [1.82, 2.24) is 10.2 Å². The van der Waals surface area contributed by atoms with Crippen molar-refractivity contribution in [3.05, 3.63) is 41.6 Å². The normalized spacial score (nSPS) is 12.4. The Morgan fingerprint density at radius 2 is 2.21 bits per heavy atom. The highest BCUT2D eigenvalue weighted by molar-refractivity contribution is 7.98. The summed E-state index contributed by atoms with van der Waals surface area (Å²) in [5.74, 6) is 3.39. The van der Waals surface area contributed by atoms with Crippen LogP contribution in [0, 0.1) is 6.92 Å². The van der Waals surface area contributed by atoms with Gasteiger partial charge in [0, 0.05) is 18.4 Å². The molecule has 1 heterocycles. The van der Waals surface area contributed by atoms with E-state index >= 15 is 0 Å². The molecule has 2 rings (SSSR count). The van der Waals surface area contributed by atoms with E-state index in [2.05, 4.69) is 46.7 Å². The lowest BCUT2D eigenvalue weighted by molar-refractivity contribution is 0.451. The van der Waals surface area contributed by atoms with Gasteiger partial charge in [0.05, 0.1) is 0 Å². The molecule has 0 aliphatic heterocycles. The fourth-order valence-electron chi connectivity index (χ4n) is 1.77. The molecule has 0 fully saturated rings. The second-order valence-electron chi connectivity index (χ2n) is 4.36. The van der Waals surface area contributed by atoms with Gasteiger partial charge in [-0.3, -0.25) is 0 Å². The summed E-state index contributed by atoms with van der Waals surface area (Å²) in [7, 11) is 0. The Kier molecular flexibility index (Phi) is 4.85. The second kappa shape index (κ2) is 6.61. The number of thioether (sulfide) groups is 1. The number of rotatable bonds is 6. The maximum absolute atomic E-state index is 5.42. The van der Waals surface area contributed by atoms with E-state index in [-0.39, 0.29) is 6.04 Å². The van der Waals surface area contributed by atoms with Crippen LogP contribution < -0.4 is 5.32 Å². The van der Waals surface area contributed by atoms with Gasteiger partial charge in [-0.25, -0.2) is 0 Å². The first-order valence-electron chi connectivity index (χ1n) is 6.42. The first kappa shape index (κ1) is 13.9. The molecule has 1 aromatic carbocycles. The number of hydrogen-bond donors (Lipinski definition) is 1. The predicted molar refractivity (Wildman–Crippen MR) is 79.4 cm³/mol. The van der Waals surface area contributed by atoms with Crippen LogP contribution in [0.15, 0.2) is 28.7 Å². The number of benzene rings is 1. The quantitative estimate of drug-likeness (QED) is 0.870. The molecule has 5 heteroatoms. The molecule has 19 heavy (non-hydrogen) atoms. The number of nitrogens with one attached hydrogen (secondary N) is 1. The lowest BCUT2D eigenvalue weighted by atomic mass is 10.2.